The van der Waals surface area contributed by atoms with Crippen molar-refractivity contribution in [2.24, 2.45) is 4.99 Å². The number of alkyl halides is 3. The van der Waals surface area contributed by atoms with Crippen LogP contribution in [0.3, 0.4) is 0 Å². The zero-order valence-electron chi connectivity index (χ0n) is 11.1. The monoisotopic (exact) mass is 455 g/mol. The fourth-order valence-corrected chi connectivity index (χ4v) is 1.86. The molecule has 0 bridgehead atoms. The van der Waals surface area contributed by atoms with E-state index in [9.17, 15) is 13.2 Å². The Kier molecular flexibility index (Phi) is 9.39. The Labute approximate surface area is 148 Å². The van der Waals surface area contributed by atoms with Crippen LogP contribution in [0.1, 0.15) is 12.0 Å². The Balaban J connectivity index is 0.00000400. The summed E-state index contributed by atoms with van der Waals surface area (Å²) in [4.78, 5) is 3.83. The van der Waals surface area contributed by atoms with Crippen LogP contribution in [0.2, 0.25) is 10.0 Å². The van der Waals surface area contributed by atoms with Crippen molar-refractivity contribution < 1.29 is 13.2 Å². The number of aliphatic imine (C=N–C) groups is 1. The van der Waals surface area contributed by atoms with Gasteiger partial charge in [-0.15, -0.1) is 24.0 Å². The Morgan fingerprint density at radius 2 is 1.90 bits per heavy atom. The van der Waals surface area contributed by atoms with Crippen LogP contribution in [0.5, 0.6) is 0 Å². The number of hydrogen-bond acceptors (Lipinski definition) is 1. The average molecular weight is 456 g/mol. The van der Waals surface area contributed by atoms with Crippen LogP contribution in [0.25, 0.3) is 0 Å². The van der Waals surface area contributed by atoms with E-state index in [4.69, 9.17) is 23.2 Å². The van der Waals surface area contributed by atoms with Gasteiger partial charge in [0.2, 0.25) is 0 Å². The highest BCUT2D eigenvalue weighted by Crippen LogP contribution is 2.20. The maximum Gasteiger partial charge on any atom is 0.390 e. The summed E-state index contributed by atoms with van der Waals surface area (Å²) in [6.45, 7) is 0.0964. The van der Waals surface area contributed by atoms with Gasteiger partial charge < -0.3 is 10.6 Å². The Bertz CT molecular complexity index is 481. The standard InChI is InChI=1S/C12H14Cl2F3N3.HI/c1-18-11(19-5-4-12(15,16)17)20-7-8-2-3-9(13)6-10(8)14;/h2-3,6H,4-5,7H2,1H3,(H2,18,19,20);1H. The van der Waals surface area contributed by atoms with E-state index in [0.717, 1.165) is 5.56 Å². The van der Waals surface area contributed by atoms with Crippen LogP contribution in [0.15, 0.2) is 23.2 Å². The molecule has 0 aromatic heterocycles. The van der Waals surface area contributed by atoms with Crippen molar-refractivity contribution in [2.75, 3.05) is 13.6 Å². The largest absolute Gasteiger partial charge is 0.390 e. The van der Waals surface area contributed by atoms with Crippen LogP contribution in [0.4, 0.5) is 13.2 Å². The molecule has 2 N–H and O–H groups in total. The molecule has 120 valence electrons. The molecule has 0 saturated carbocycles. The summed E-state index contributed by atoms with van der Waals surface area (Å²) in [5, 5.41) is 6.46. The van der Waals surface area contributed by atoms with E-state index in [1.54, 1.807) is 18.2 Å². The predicted octanol–water partition coefficient (Wildman–Crippen LogP) is 4.23. The molecule has 0 atom stereocenters. The Morgan fingerprint density at radius 1 is 1.24 bits per heavy atom. The summed E-state index contributed by atoms with van der Waals surface area (Å²) in [7, 11) is 1.48. The Hall–Kier alpha value is -0.410. The number of benzene rings is 1. The second kappa shape index (κ2) is 9.58. The summed E-state index contributed by atoms with van der Waals surface area (Å²) >= 11 is 11.8. The lowest BCUT2D eigenvalue weighted by Gasteiger charge is -2.13. The molecule has 0 aliphatic heterocycles. The normalized spacial score (nSPS) is 11.8. The van der Waals surface area contributed by atoms with Gasteiger partial charge in [0.1, 0.15) is 0 Å². The van der Waals surface area contributed by atoms with Crippen molar-refractivity contribution >= 4 is 53.1 Å². The smallest absolute Gasteiger partial charge is 0.356 e. The third kappa shape index (κ3) is 8.57. The minimum atomic E-state index is -4.19. The van der Waals surface area contributed by atoms with Gasteiger partial charge in [0, 0.05) is 30.2 Å². The van der Waals surface area contributed by atoms with Crippen LogP contribution < -0.4 is 10.6 Å². The molecule has 0 fully saturated rings. The fraction of sp³-hybridized carbons (Fsp3) is 0.417. The van der Waals surface area contributed by atoms with E-state index in [1.165, 1.54) is 7.05 Å². The molecule has 0 aliphatic rings. The lowest BCUT2D eigenvalue weighted by Crippen LogP contribution is -2.38. The summed E-state index contributed by atoms with van der Waals surface area (Å²) in [5.41, 5.74) is 0.773. The van der Waals surface area contributed by atoms with Crippen molar-refractivity contribution in [3.8, 4) is 0 Å². The Morgan fingerprint density at radius 3 is 2.43 bits per heavy atom. The minimum absolute atomic E-state index is 0. The molecule has 1 aromatic rings. The highest BCUT2D eigenvalue weighted by Gasteiger charge is 2.26. The van der Waals surface area contributed by atoms with Crippen LogP contribution in [-0.2, 0) is 6.54 Å². The van der Waals surface area contributed by atoms with Gasteiger partial charge in [-0.3, -0.25) is 4.99 Å². The third-order valence-corrected chi connectivity index (χ3v) is 2.97. The lowest BCUT2D eigenvalue weighted by molar-refractivity contribution is -0.132. The van der Waals surface area contributed by atoms with Gasteiger partial charge in [0.25, 0.3) is 0 Å². The quantitative estimate of drug-likeness (QED) is 0.405. The van der Waals surface area contributed by atoms with Gasteiger partial charge in [-0.05, 0) is 17.7 Å². The van der Waals surface area contributed by atoms with Gasteiger partial charge in [0.15, 0.2) is 5.96 Å². The number of hydrogen-bond donors (Lipinski definition) is 2. The first-order valence-corrected chi connectivity index (χ1v) is 6.52. The number of nitrogens with one attached hydrogen (secondary N) is 2. The van der Waals surface area contributed by atoms with Gasteiger partial charge in [0.05, 0.1) is 6.42 Å². The molecule has 21 heavy (non-hydrogen) atoms. The van der Waals surface area contributed by atoms with Gasteiger partial charge >= 0.3 is 6.18 Å². The molecule has 0 unspecified atom stereocenters. The van der Waals surface area contributed by atoms with E-state index in [2.05, 4.69) is 15.6 Å². The van der Waals surface area contributed by atoms with E-state index in [-0.39, 0.29) is 36.5 Å². The summed E-state index contributed by atoms with van der Waals surface area (Å²) in [5.74, 6) is 0.278. The molecule has 0 heterocycles. The predicted molar refractivity (Wildman–Crippen MR) is 90.8 cm³/mol. The third-order valence-electron chi connectivity index (χ3n) is 2.39. The van der Waals surface area contributed by atoms with Crippen molar-refractivity contribution in [1.82, 2.24) is 10.6 Å². The number of rotatable bonds is 4. The van der Waals surface area contributed by atoms with Gasteiger partial charge in [-0.1, -0.05) is 29.3 Å². The highest BCUT2D eigenvalue weighted by molar-refractivity contribution is 14.0. The first-order valence-electron chi connectivity index (χ1n) is 5.77. The van der Waals surface area contributed by atoms with Gasteiger partial charge in [-0.25, -0.2) is 0 Å². The van der Waals surface area contributed by atoms with E-state index < -0.39 is 12.6 Å². The molecule has 9 heteroatoms. The second-order valence-electron chi connectivity index (χ2n) is 3.95. The molecule has 3 nitrogen and oxygen atoms in total. The zero-order chi connectivity index (χ0) is 15.2. The molecule has 0 amide bonds. The average Bonchev–Trinajstić information content (AvgIpc) is 2.34. The summed E-state index contributed by atoms with van der Waals surface area (Å²) in [6.07, 6.45) is -5.11. The maximum absolute atomic E-state index is 12.0. The molecular weight excluding hydrogens is 441 g/mol. The van der Waals surface area contributed by atoms with Crippen molar-refractivity contribution in [1.29, 1.82) is 0 Å². The SMILES string of the molecule is CN=C(NCCC(F)(F)F)NCc1ccc(Cl)cc1Cl.I. The molecule has 0 spiro atoms. The second-order valence-corrected chi connectivity index (χ2v) is 4.80. The van der Waals surface area contributed by atoms with Gasteiger partial charge in [-0.2, -0.15) is 13.2 Å². The fourth-order valence-electron chi connectivity index (χ4n) is 1.39. The lowest BCUT2D eigenvalue weighted by atomic mass is 10.2. The zero-order valence-corrected chi connectivity index (χ0v) is 14.9. The number of nitrogens with zero attached hydrogens (tertiary/aromatic N) is 1. The topological polar surface area (TPSA) is 36.4 Å². The summed E-state index contributed by atoms with van der Waals surface area (Å²) in [6, 6.07) is 5.02. The van der Waals surface area contributed by atoms with Crippen molar-refractivity contribution in [3.63, 3.8) is 0 Å². The molecule has 0 radical (unpaired) electrons. The summed E-state index contributed by atoms with van der Waals surface area (Å²) < 4.78 is 36.1. The van der Waals surface area contributed by atoms with Crippen molar-refractivity contribution in [3.05, 3.63) is 33.8 Å². The van der Waals surface area contributed by atoms with E-state index >= 15 is 0 Å². The minimum Gasteiger partial charge on any atom is -0.356 e. The molecule has 1 rings (SSSR count). The van der Waals surface area contributed by atoms with Crippen molar-refractivity contribution in [2.45, 2.75) is 19.1 Å². The number of guanidine groups is 1. The van der Waals surface area contributed by atoms with Crippen LogP contribution >= 0.6 is 47.2 Å². The van der Waals surface area contributed by atoms with Crippen LogP contribution in [-0.4, -0.2) is 25.7 Å². The first-order chi connectivity index (χ1) is 9.31. The molecule has 0 aliphatic carbocycles. The molecule has 1 aromatic carbocycles. The van der Waals surface area contributed by atoms with E-state index in [0.29, 0.717) is 16.6 Å². The number of halogens is 6. The van der Waals surface area contributed by atoms with Crippen LogP contribution in [0, 0.1) is 0 Å². The maximum atomic E-state index is 12.0. The van der Waals surface area contributed by atoms with E-state index in [1.807, 2.05) is 0 Å². The molecular formula is C12H15Cl2F3IN3. The highest BCUT2D eigenvalue weighted by atomic mass is 127. The first kappa shape index (κ1) is 20.6. The molecule has 0 saturated heterocycles.